The van der Waals surface area contributed by atoms with Crippen LogP contribution in [0.3, 0.4) is 0 Å². The summed E-state index contributed by atoms with van der Waals surface area (Å²) in [4.78, 5) is 2.61. The molecule has 2 heteroatoms. The average molecular weight is 212 g/mol. The third-order valence-corrected chi connectivity index (χ3v) is 3.96. The fourth-order valence-electron chi connectivity index (χ4n) is 2.60. The lowest BCUT2D eigenvalue weighted by atomic mass is 9.78. The largest absolute Gasteiger partial charge is 0.317 e. The van der Waals surface area contributed by atoms with E-state index in [4.69, 9.17) is 0 Å². The molecule has 1 fully saturated rings. The predicted octanol–water partition coefficient (Wildman–Crippen LogP) is 2.49. The molecule has 0 amide bonds. The molecule has 1 rings (SSSR count). The zero-order chi connectivity index (χ0) is 11.3. The van der Waals surface area contributed by atoms with Gasteiger partial charge >= 0.3 is 0 Å². The molecule has 1 saturated carbocycles. The Morgan fingerprint density at radius 3 is 2.53 bits per heavy atom. The van der Waals surface area contributed by atoms with Crippen molar-refractivity contribution in [2.45, 2.75) is 58.5 Å². The molecular formula is C13H28N2. The van der Waals surface area contributed by atoms with Crippen molar-refractivity contribution in [3.63, 3.8) is 0 Å². The zero-order valence-corrected chi connectivity index (χ0v) is 10.9. The standard InChI is InChI=1S/C13H28N2/c1-5-7-11(3)15(4)13-9-8-12(13)10-14-6-2/h11-14H,5-10H2,1-4H3. The zero-order valence-electron chi connectivity index (χ0n) is 10.9. The Morgan fingerprint density at radius 1 is 1.33 bits per heavy atom. The van der Waals surface area contributed by atoms with E-state index in [0.717, 1.165) is 24.5 Å². The van der Waals surface area contributed by atoms with Crippen LogP contribution in [0.25, 0.3) is 0 Å². The smallest absolute Gasteiger partial charge is 0.0135 e. The van der Waals surface area contributed by atoms with Gasteiger partial charge in [0.25, 0.3) is 0 Å². The van der Waals surface area contributed by atoms with Gasteiger partial charge in [-0.05, 0) is 52.2 Å². The van der Waals surface area contributed by atoms with Crippen molar-refractivity contribution >= 4 is 0 Å². The van der Waals surface area contributed by atoms with Crippen LogP contribution in [0.1, 0.15) is 46.5 Å². The molecule has 90 valence electrons. The van der Waals surface area contributed by atoms with Gasteiger partial charge in [0.2, 0.25) is 0 Å². The molecule has 0 aromatic heterocycles. The molecule has 0 heterocycles. The normalized spacial score (nSPS) is 27.8. The van der Waals surface area contributed by atoms with E-state index in [-0.39, 0.29) is 0 Å². The fraction of sp³-hybridized carbons (Fsp3) is 1.00. The van der Waals surface area contributed by atoms with Crippen molar-refractivity contribution in [2.24, 2.45) is 5.92 Å². The fourth-order valence-corrected chi connectivity index (χ4v) is 2.60. The summed E-state index contributed by atoms with van der Waals surface area (Å²) in [5.41, 5.74) is 0. The van der Waals surface area contributed by atoms with Crippen molar-refractivity contribution in [1.82, 2.24) is 10.2 Å². The van der Waals surface area contributed by atoms with E-state index in [9.17, 15) is 0 Å². The lowest BCUT2D eigenvalue weighted by Gasteiger charge is -2.45. The van der Waals surface area contributed by atoms with Gasteiger partial charge in [0.1, 0.15) is 0 Å². The summed E-state index contributed by atoms with van der Waals surface area (Å²) in [7, 11) is 2.31. The first kappa shape index (κ1) is 13.0. The van der Waals surface area contributed by atoms with E-state index < -0.39 is 0 Å². The number of rotatable bonds is 7. The number of nitrogens with zero attached hydrogens (tertiary/aromatic N) is 1. The van der Waals surface area contributed by atoms with Crippen molar-refractivity contribution in [3.8, 4) is 0 Å². The molecule has 0 spiro atoms. The summed E-state index contributed by atoms with van der Waals surface area (Å²) in [6.07, 6.45) is 5.46. The van der Waals surface area contributed by atoms with Gasteiger partial charge in [0, 0.05) is 12.1 Å². The SMILES string of the molecule is CCCC(C)N(C)C1CCC1CNCC. The van der Waals surface area contributed by atoms with Crippen LogP contribution in [0.4, 0.5) is 0 Å². The Balaban J connectivity index is 2.29. The average Bonchev–Trinajstić information content (AvgIpc) is 2.17. The summed E-state index contributed by atoms with van der Waals surface area (Å²) in [5.74, 6) is 0.897. The molecule has 0 radical (unpaired) electrons. The Bertz CT molecular complexity index is 170. The minimum absolute atomic E-state index is 0.754. The van der Waals surface area contributed by atoms with Gasteiger partial charge < -0.3 is 10.2 Å². The van der Waals surface area contributed by atoms with Crippen molar-refractivity contribution in [2.75, 3.05) is 20.1 Å². The Hall–Kier alpha value is -0.0800. The van der Waals surface area contributed by atoms with Gasteiger partial charge in [-0.25, -0.2) is 0 Å². The molecule has 0 aliphatic heterocycles. The highest BCUT2D eigenvalue weighted by Crippen LogP contribution is 2.32. The second kappa shape index (κ2) is 6.49. The van der Waals surface area contributed by atoms with Gasteiger partial charge in [0.05, 0.1) is 0 Å². The van der Waals surface area contributed by atoms with Crippen LogP contribution in [0.2, 0.25) is 0 Å². The summed E-state index contributed by atoms with van der Waals surface area (Å²) < 4.78 is 0. The lowest BCUT2D eigenvalue weighted by molar-refractivity contribution is 0.0525. The first-order valence-corrected chi connectivity index (χ1v) is 6.63. The molecule has 1 N–H and O–H groups in total. The van der Waals surface area contributed by atoms with E-state index in [1.165, 1.54) is 32.2 Å². The molecule has 1 aliphatic rings. The second-order valence-electron chi connectivity index (χ2n) is 5.02. The first-order chi connectivity index (χ1) is 7.20. The van der Waals surface area contributed by atoms with Gasteiger partial charge in [-0.15, -0.1) is 0 Å². The van der Waals surface area contributed by atoms with Crippen LogP contribution in [0.5, 0.6) is 0 Å². The molecule has 3 atom stereocenters. The third-order valence-electron chi connectivity index (χ3n) is 3.96. The number of hydrogen-bond donors (Lipinski definition) is 1. The van der Waals surface area contributed by atoms with E-state index in [2.05, 4.69) is 38.0 Å². The van der Waals surface area contributed by atoms with Crippen LogP contribution < -0.4 is 5.32 Å². The van der Waals surface area contributed by atoms with Crippen LogP contribution in [0.15, 0.2) is 0 Å². The monoisotopic (exact) mass is 212 g/mol. The topological polar surface area (TPSA) is 15.3 Å². The van der Waals surface area contributed by atoms with Crippen molar-refractivity contribution in [3.05, 3.63) is 0 Å². The summed E-state index contributed by atoms with van der Waals surface area (Å²) in [6.45, 7) is 9.16. The number of hydrogen-bond acceptors (Lipinski definition) is 2. The van der Waals surface area contributed by atoms with E-state index in [0.29, 0.717) is 0 Å². The molecule has 0 bridgehead atoms. The van der Waals surface area contributed by atoms with Crippen LogP contribution >= 0.6 is 0 Å². The van der Waals surface area contributed by atoms with E-state index >= 15 is 0 Å². The summed E-state index contributed by atoms with van der Waals surface area (Å²) >= 11 is 0. The van der Waals surface area contributed by atoms with Crippen LogP contribution in [0, 0.1) is 5.92 Å². The van der Waals surface area contributed by atoms with Crippen LogP contribution in [-0.4, -0.2) is 37.1 Å². The lowest BCUT2D eigenvalue weighted by Crippen LogP contribution is -2.51. The third kappa shape index (κ3) is 3.46. The first-order valence-electron chi connectivity index (χ1n) is 6.63. The maximum Gasteiger partial charge on any atom is 0.0135 e. The van der Waals surface area contributed by atoms with E-state index in [1.807, 2.05) is 0 Å². The minimum Gasteiger partial charge on any atom is -0.317 e. The maximum atomic E-state index is 3.48. The van der Waals surface area contributed by atoms with Crippen molar-refractivity contribution < 1.29 is 0 Å². The second-order valence-corrected chi connectivity index (χ2v) is 5.02. The highest BCUT2D eigenvalue weighted by molar-refractivity contribution is 4.90. The Morgan fingerprint density at radius 2 is 2.07 bits per heavy atom. The van der Waals surface area contributed by atoms with Gasteiger partial charge in [-0.1, -0.05) is 20.3 Å². The molecule has 2 nitrogen and oxygen atoms in total. The highest BCUT2D eigenvalue weighted by Gasteiger charge is 2.34. The molecule has 0 saturated heterocycles. The maximum absolute atomic E-state index is 3.48. The molecule has 15 heavy (non-hydrogen) atoms. The highest BCUT2D eigenvalue weighted by atomic mass is 15.2. The van der Waals surface area contributed by atoms with Crippen LogP contribution in [-0.2, 0) is 0 Å². The minimum atomic E-state index is 0.754. The Kier molecular flexibility index (Phi) is 5.62. The summed E-state index contributed by atoms with van der Waals surface area (Å²) in [5, 5.41) is 3.48. The Labute approximate surface area is 95.4 Å². The molecule has 3 unspecified atom stereocenters. The molecule has 1 aliphatic carbocycles. The molecule has 0 aromatic rings. The van der Waals surface area contributed by atoms with Gasteiger partial charge in [0.15, 0.2) is 0 Å². The van der Waals surface area contributed by atoms with Gasteiger partial charge in [-0.3, -0.25) is 0 Å². The summed E-state index contributed by atoms with van der Waals surface area (Å²) in [6, 6.07) is 1.59. The van der Waals surface area contributed by atoms with Gasteiger partial charge in [-0.2, -0.15) is 0 Å². The number of nitrogens with one attached hydrogen (secondary N) is 1. The quantitative estimate of drug-likeness (QED) is 0.697. The molecular weight excluding hydrogens is 184 g/mol. The van der Waals surface area contributed by atoms with Crippen molar-refractivity contribution in [1.29, 1.82) is 0 Å². The molecule has 0 aromatic carbocycles. The van der Waals surface area contributed by atoms with E-state index in [1.54, 1.807) is 0 Å². The predicted molar refractivity (Wildman–Crippen MR) is 67.2 cm³/mol.